The van der Waals surface area contributed by atoms with Gasteiger partial charge in [-0.1, -0.05) is 18.2 Å². The SMILES string of the molecule is COC(=O)C=Cc1ccc2c(c1)CNCC2. The first-order valence-electron chi connectivity index (χ1n) is 5.38. The predicted octanol–water partition coefficient (Wildman–Crippen LogP) is 1.52. The summed E-state index contributed by atoms with van der Waals surface area (Å²) in [5.41, 5.74) is 3.75. The molecule has 0 bridgehead atoms. The van der Waals surface area contributed by atoms with Crippen LogP contribution >= 0.6 is 0 Å². The topological polar surface area (TPSA) is 38.3 Å². The van der Waals surface area contributed by atoms with Crippen LogP contribution < -0.4 is 5.32 Å². The fourth-order valence-corrected chi connectivity index (χ4v) is 1.84. The molecule has 0 saturated carbocycles. The van der Waals surface area contributed by atoms with Crippen LogP contribution in [0, 0.1) is 0 Å². The second-order valence-corrected chi connectivity index (χ2v) is 3.81. The fourth-order valence-electron chi connectivity index (χ4n) is 1.84. The number of benzene rings is 1. The van der Waals surface area contributed by atoms with Gasteiger partial charge >= 0.3 is 5.97 Å². The fraction of sp³-hybridized carbons (Fsp3) is 0.308. The van der Waals surface area contributed by atoms with Crippen LogP contribution in [0.25, 0.3) is 6.08 Å². The van der Waals surface area contributed by atoms with Gasteiger partial charge < -0.3 is 10.1 Å². The lowest BCUT2D eigenvalue weighted by Crippen LogP contribution is -2.23. The Labute approximate surface area is 95.1 Å². The van der Waals surface area contributed by atoms with Gasteiger partial charge in [0.05, 0.1) is 7.11 Å². The zero-order chi connectivity index (χ0) is 11.4. The van der Waals surface area contributed by atoms with E-state index in [0.29, 0.717) is 0 Å². The van der Waals surface area contributed by atoms with Crippen molar-refractivity contribution in [1.82, 2.24) is 5.32 Å². The first-order chi connectivity index (χ1) is 7.79. The number of hydrogen-bond acceptors (Lipinski definition) is 3. The third-order valence-electron chi connectivity index (χ3n) is 2.73. The number of esters is 1. The molecule has 84 valence electrons. The highest BCUT2D eigenvalue weighted by Crippen LogP contribution is 2.16. The van der Waals surface area contributed by atoms with E-state index in [1.54, 1.807) is 6.08 Å². The summed E-state index contributed by atoms with van der Waals surface area (Å²) in [7, 11) is 1.38. The van der Waals surface area contributed by atoms with Crippen molar-refractivity contribution in [3.8, 4) is 0 Å². The van der Waals surface area contributed by atoms with Gasteiger partial charge in [-0.05, 0) is 35.7 Å². The van der Waals surface area contributed by atoms with Crippen LogP contribution in [0.3, 0.4) is 0 Å². The summed E-state index contributed by atoms with van der Waals surface area (Å²) in [4.78, 5) is 11.0. The van der Waals surface area contributed by atoms with Gasteiger partial charge in [-0.2, -0.15) is 0 Å². The molecular formula is C13H15NO2. The van der Waals surface area contributed by atoms with Crippen molar-refractivity contribution >= 4 is 12.0 Å². The number of carbonyl (C=O) groups is 1. The monoisotopic (exact) mass is 217 g/mol. The average Bonchev–Trinajstić information content (AvgIpc) is 2.35. The van der Waals surface area contributed by atoms with Gasteiger partial charge in [0.2, 0.25) is 0 Å². The van der Waals surface area contributed by atoms with Gasteiger partial charge in [0, 0.05) is 12.6 Å². The molecule has 0 unspecified atom stereocenters. The van der Waals surface area contributed by atoms with Crippen molar-refractivity contribution in [2.24, 2.45) is 0 Å². The molecule has 3 nitrogen and oxygen atoms in total. The average molecular weight is 217 g/mol. The molecule has 0 radical (unpaired) electrons. The summed E-state index contributed by atoms with van der Waals surface area (Å²) in [6.45, 7) is 1.96. The van der Waals surface area contributed by atoms with E-state index in [4.69, 9.17) is 0 Å². The molecule has 0 fully saturated rings. The number of rotatable bonds is 2. The van der Waals surface area contributed by atoms with Crippen molar-refractivity contribution in [3.05, 3.63) is 41.0 Å². The summed E-state index contributed by atoms with van der Waals surface area (Å²) < 4.78 is 4.55. The Kier molecular flexibility index (Phi) is 3.37. The molecule has 1 aliphatic heterocycles. The molecule has 0 spiro atoms. The molecule has 0 aliphatic carbocycles. The Bertz CT molecular complexity index is 424. The molecule has 1 aliphatic rings. The number of fused-ring (bicyclic) bond motifs is 1. The lowest BCUT2D eigenvalue weighted by molar-refractivity contribution is -0.134. The van der Waals surface area contributed by atoms with Gasteiger partial charge in [0.15, 0.2) is 0 Å². The summed E-state index contributed by atoms with van der Waals surface area (Å²) >= 11 is 0. The minimum absolute atomic E-state index is 0.323. The maximum Gasteiger partial charge on any atom is 0.330 e. The zero-order valence-electron chi connectivity index (χ0n) is 9.32. The Morgan fingerprint density at radius 3 is 3.12 bits per heavy atom. The van der Waals surface area contributed by atoms with E-state index in [1.807, 2.05) is 6.07 Å². The molecular weight excluding hydrogens is 202 g/mol. The van der Waals surface area contributed by atoms with Gasteiger partial charge in [-0.15, -0.1) is 0 Å². The summed E-state index contributed by atoms with van der Waals surface area (Å²) in [5, 5.41) is 3.33. The summed E-state index contributed by atoms with van der Waals surface area (Å²) in [5.74, 6) is -0.323. The molecule has 1 aromatic rings. The van der Waals surface area contributed by atoms with E-state index in [9.17, 15) is 4.79 Å². The van der Waals surface area contributed by atoms with Crippen LogP contribution in [-0.2, 0) is 22.5 Å². The van der Waals surface area contributed by atoms with E-state index in [1.165, 1.54) is 24.3 Å². The molecule has 1 aromatic carbocycles. The largest absolute Gasteiger partial charge is 0.466 e. The van der Waals surface area contributed by atoms with E-state index < -0.39 is 0 Å². The van der Waals surface area contributed by atoms with E-state index >= 15 is 0 Å². The van der Waals surface area contributed by atoms with Crippen molar-refractivity contribution in [2.75, 3.05) is 13.7 Å². The Morgan fingerprint density at radius 1 is 1.44 bits per heavy atom. The lowest BCUT2D eigenvalue weighted by Gasteiger charge is -2.17. The minimum Gasteiger partial charge on any atom is -0.466 e. The van der Waals surface area contributed by atoms with Gasteiger partial charge in [0.1, 0.15) is 0 Å². The molecule has 0 saturated heterocycles. The Morgan fingerprint density at radius 2 is 2.31 bits per heavy atom. The third kappa shape index (κ3) is 2.49. The molecule has 1 N–H and O–H groups in total. The highest BCUT2D eigenvalue weighted by atomic mass is 16.5. The van der Waals surface area contributed by atoms with E-state index in [-0.39, 0.29) is 5.97 Å². The van der Waals surface area contributed by atoms with Crippen LogP contribution in [-0.4, -0.2) is 19.6 Å². The standard InChI is InChI=1S/C13H15NO2/c1-16-13(15)5-3-10-2-4-11-6-7-14-9-12(11)8-10/h2-5,8,14H,6-7,9H2,1H3. The first kappa shape index (κ1) is 10.9. The maximum absolute atomic E-state index is 11.0. The number of ether oxygens (including phenoxy) is 1. The van der Waals surface area contributed by atoms with Crippen molar-refractivity contribution in [2.45, 2.75) is 13.0 Å². The van der Waals surface area contributed by atoms with Crippen LogP contribution in [0.2, 0.25) is 0 Å². The molecule has 0 aromatic heterocycles. The molecule has 16 heavy (non-hydrogen) atoms. The molecule has 0 atom stereocenters. The number of hydrogen-bond donors (Lipinski definition) is 1. The van der Waals surface area contributed by atoms with Crippen molar-refractivity contribution in [3.63, 3.8) is 0 Å². The highest BCUT2D eigenvalue weighted by molar-refractivity contribution is 5.86. The van der Waals surface area contributed by atoms with Crippen LogP contribution in [0.1, 0.15) is 16.7 Å². The molecule has 2 rings (SSSR count). The van der Waals surface area contributed by atoms with Crippen LogP contribution in [0.15, 0.2) is 24.3 Å². The first-order valence-corrected chi connectivity index (χ1v) is 5.38. The summed E-state index contributed by atoms with van der Waals surface area (Å²) in [6, 6.07) is 6.28. The van der Waals surface area contributed by atoms with Crippen LogP contribution in [0.5, 0.6) is 0 Å². The van der Waals surface area contributed by atoms with Crippen molar-refractivity contribution in [1.29, 1.82) is 0 Å². The van der Waals surface area contributed by atoms with E-state index in [2.05, 4.69) is 22.2 Å². The third-order valence-corrected chi connectivity index (χ3v) is 2.73. The predicted molar refractivity (Wildman–Crippen MR) is 62.9 cm³/mol. The number of carbonyl (C=O) groups excluding carboxylic acids is 1. The van der Waals surface area contributed by atoms with Gasteiger partial charge in [0.25, 0.3) is 0 Å². The van der Waals surface area contributed by atoms with Crippen molar-refractivity contribution < 1.29 is 9.53 Å². The molecule has 0 amide bonds. The Hall–Kier alpha value is -1.61. The lowest BCUT2D eigenvalue weighted by atomic mass is 9.98. The quantitative estimate of drug-likeness (QED) is 0.603. The highest BCUT2D eigenvalue weighted by Gasteiger charge is 2.07. The van der Waals surface area contributed by atoms with Crippen LogP contribution in [0.4, 0.5) is 0 Å². The number of methoxy groups -OCH3 is 1. The smallest absolute Gasteiger partial charge is 0.330 e. The zero-order valence-corrected chi connectivity index (χ0v) is 9.32. The molecule has 1 heterocycles. The second-order valence-electron chi connectivity index (χ2n) is 3.81. The maximum atomic E-state index is 11.0. The summed E-state index contributed by atoms with van der Waals surface area (Å²) in [6.07, 6.45) is 4.30. The molecule has 3 heteroatoms. The van der Waals surface area contributed by atoms with Gasteiger partial charge in [-0.3, -0.25) is 0 Å². The normalized spacial score (nSPS) is 14.8. The Balaban J connectivity index is 2.17. The number of nitrogens with one attached hydrogen (secondary N) is 1. The second kappa shape index (κ2) is 4.94. The van der Waals surface area contributed by atoms with E-state index in [0.717, 1.165) is 25.1 Å². The minimum atomic E-state index is -0.323. The van der Waals surface area contributed by atoms with Gasteiger partial charge in [-0.25, -0.2) is 4.79 Å².